The molecule has 1 N–H and O–H groups in total. The summed E-state index contributed by atoms with van der Waals surface area (Å²) in [4.78, 5) is 36.5. The second kappa shape index (κ2) is 12.7. The Morgan fingerprint density at radius 1 is 0.976 bits per heavy atom. The third-order valence-electron chi connectivity index (χ3n) is 7.81. The molecule has 3 heterocycles. The molecule has 0 aliphatic carbocycles. The number of piperidine rings is 1. The van der Waals surface area contributed by atoms with Crippen molar-refractivity contribution in [1.29, 1.82) is 0 Å². The van der Waals surface area contributed by atoms with Gasteiger partial charge in [-0.15, -0.1) is 0 Å². The van der Waals surface area contributed by atoms with Gasteiger partial charge in [-0.3, -0.25) is 14.5 Å². The lowest BCUT2D eigenvalue weighted by molar-refractivity contribution is 0.0525. The number of hydrogen-bond acceptors (Lipinski definition) is 5. The van der Waals surface area contributed by atoms with Gasteiger partial charge in [0.05, 0.1) is 10.6 Å². The number of benzene rings is 2. The number of carbonyl (C=O) groups excluding carboxylic acids is 2. The highest BCUT2D eigenvalue weighted by atomic mass is 35.5. The average molecular weight is 605 g/mol. The lowest BCUT2D eigenvalue weighted by atomic mass is 9.99. The Hall–Kier alpha value is -3.27. The van der Waals surface area contributed by atoms with Crippen molar-refractivity contribution in [3.8, 4) is 0 Å². The topological polar surface area (TPSA) is 68.8 Å². The van der Waals surface area contributed by atoms with Crippen molar-refractivity contribution in [1.82, 2.24) is 20.1 Å². The molecular weight excluding hydrogens is 571 g/mol. The van der Waals surface area contributed by atoms with Crippen molar-refractivity contribution in [3.63, 3.8) is 0 Å². The average Bonchev–Trinajstić information content (AvgIpc) is 2.97. The Balaban J connectivity index is 0.00000405. The number of piperazine rings is 1. The minimum Gasteiger partial charge on any atom is -0.353 e. The van der Waals surface area contributed by atoms with Crippen LogP contribution in [0.4, 0.5) is 14.6 Å². The monoisotopic (exact) mass is 603 g/mol. The van der Waals surface area contributed by atoms with E-state index in [9.17, 15) is 18.4 Å². The number of carbonyl (C=O) groups is 2. The highest BCUT2D eigenvalue weighted by Crippen LogP contribution is 2.29. The van der Waals surface area contributed by atoms with Crippen LogP contribution < -0.4 is 10.2 Å². The summed E-state index contributed by atoms with van der Waals surface area (Å²) < 4.78 is 26.6. The van der Waals surface area contributed by atoms with E-state index in [1.807, 2.05) is 4.90 Å². The molecule has 1 aromatic heterocycles. The molecule has 2 aliphatic heterocycles. The van der Waals surface area contributed by atoms with E-state index in [2.05, 4.69) is 27.0 Å². The molecule has 3 aromatic rings. The van der Waals surface area contributed by atoms with Crippen molar-refractivity contribution in [2.75, 3.05) is 37.6 Å². The van der Waals surface area contributed by atoms with Gasteiger partial charge in [0.2, 0.25) is 0 Å². The molecule has 2 amide bonds. The first-order valence-electron chi connectivity index (χ1n) is 13.6. The van der Waals surface area contributed by atoms with E-state index in [0.717, 1.165) is 44.6 Å². The minimum atomic E-state index is -0.963. The maximum atomic E-state index is 13.4. The number of likely N-dealkylation sites (tertiary alicyclic amines) is 1. The van der Waals surface area contributed by atoms with Gasteiger partial charge in [-0.1, -0.05) is 29.3 Å². The van der Waals surface area contributed by atoms with E-state index in [1.54, 1.807) is 30.3 Å². The van der Waals surface area contributed by atoms with Gasteiger partial charge in [-0.2, -0.15) is 0 Å². The zero-order chi connectivity index (χ0) is 29.1. The molecule has 2 saturated heterocycles. The van der Waals surface area contributed by atoms with Crippen LogP contribution in [0.5, 0.6) is 0 Å². The SMILES string of the molecule is C[C@H]1CN(c2ncc(C(=O)NCc3ccc(F)c(F)c3)cc2Cl)CCN1C1CCN(C(=O)c2ccc(Cl)cc2)CC1.[HH]. The van der Waals surface area contributed by atoms with E-state index in [1.165, 1.54) is 12.3 Å². The van der Waals surface area contributed by atoms with Crippen LogP contribution in [0.1, 0.15) is 47.5 Å². The number of amides is 2. The van der Waals surface area contributed by atoms with Crippen molar-refractivity contribution < 1.29 is 19.8 Å². The van der Waals surface area contributed by atoms with Crippen molar-refractivity contribution in [2.24, 2.45) is 0 Å². The second-order valence-electron chi connectivity index (χ2n) is 10.5. The minimum absolute atomic E-state index is 0. The molecule has 0 saturated carbocycles. The van der Waals surface area contributed by atoms with Crippen LogP contribution >= 0.6 is 23.2 Å². The molecule has 7 nitrogen and oxygen atoms in total. The highest BCUT2D eigenvalue weighted by molar-refractivity contribution is 6.33. The fraction of sp³-hybridized carbons (Fsp3) is 0.367. The molecule has 2 aliphatic rings. The number of aromatic nitrogens is 1. The number of halogens is 4. The molecule has 11 heteroatoms. The van der Waals surface area contributed by atoms with E-state index in [0.29, 0.717) is 46.1 Å². The van der Waals surface area contributed by atoms with E-state index < -0.39 is 17.5 Å². The predicted molar refractivity (Wildman–Crippen MR) is 158 cm³/mol. The van der Waals surface area contributed by atoms with Gasteiger partial charge in [-0.25, -0.2) is 13.8 Å². The van der Waals surface area contributed by atoms with Crippen LogP contribution in [-0.4, -0.2) is 71.4 Å². The largest absolute Gasteiger partial charge is 0.353 e. The Morgan fingerprint density at radius 2 is 1.71 bits per heavy atom. The van der Waals surface area contributed by atoms with Crippen LogP contribution in [0.25, 0.3) is 0 Å². The second-order valence-corrected chi connectivity index (χ2v) is 11.4. The van der Waals surface area contributed by atoms with Gasteiger partial charge in [0.15, 0.2) is 11.6 Å². The third kappa shape index (κ3) is 6.80. The van der Waals surface area contributed by atoms with Gasteiger partial charge in [0, 0.05) is 69.6 Å². The normalized spacial score (nSPS) is 18.4. The Bertz CT molecular complexity index is 1420. The number of hydrogen-bond donors (Lipinski definition) is 1. The zero-order valence-electron chi connectivity index (χ0n) is 22.6. The van der Waals surface area contributed by atoms with E-state index in [4.69, 9.17) is 23.2 Å². The number of nitrogens with zero attached hydrogens (tertiary/aromatic N) is 4. The van der Waals surface area contributed by atoms with E-state index in [-0.39, 0.29) is 25.5 Å². The van der Waals surface area contributed by atoms with Gasteiger partial charge < -0.3 is 15.1 Å². The summed E-state index contributed by atoms with van der Waals surface area (Å²) in [7, 11) is 0. The molecular formula is C30H33Cl2F2N5O2. The van der Waals surface area contributed by atoms with Crippen LogP contribution in [-0.2, 0) is 6.54 Å². The summed E-state index contributed by atoms with van der Waals surface area (Å²) in [6, 6.07) is 12.7. The maximum absolute atomic E-state index is 13.4. The predicted octanol–water partition coefficient (Wildman–Crippen LogP) is 5.66. The molecule has 0 unspecified atom stereocenters. The smallest absolute Gasteiger partial charge is 0.253 e. The molecule has 2 fully saturated rings. The Morgan fingerprint density at radius 3 is 2.37 bits per heavy atom. The summed E-state index contributed by atoms with van der Waals surface area (Å²) in [5.74, 6) is -1.64. The third-order valence-corrected chi connectivity index (χ3v) is 8.34. The van der Waals surface area contributed by atoms with Crippen molar-refractivity contribution >= 4 is 40.8 Å². The van der Waals surface area contributed by atoms with Gasteiger partial charge in [0.1, 0.15) is 5.82 Å². The van der Waals surface area contributed by atoms with Gasteiger partial charge in [-0.05, 0) is 67.8 Å². The van der Waals surface area contributed by atoms with Gasteiger partial charge in [0.25, 0.3) is 11.8 Å². The number of anilines is 1. The summed E-state index contributed by atoms with van der Waals surface area (Å²) in [6.45, 7) is 5.97. The number of nitrogens with one attached hydrogen (secondary N) is 1. The Kier molecular flexibility index (Phi) is 9.06. The quantitative estimate of drug-likeness (QED) is 0.394. The molecule has 41 heavy (non-hydrogen) atoms. The summed E-state index contributed by atoms with van der Waals surface area (Å²) in [6.07, 6.45) is 3.31. The molecule has 1 atom stereocenters. The summed E-state index contributed by atoms with van der Waals surface area (Å²) in [5.41, 5.74) is 1.39. The standard InChI is InChI=1S/C30H31Cl2F2N5O2.H2/c1-19-18-38(12-13-39(19)24-8-10-37(11-9-24)30(41)21-3-5-23(31)6-4-21)28-25(32)15-22(17-35-28)29(40)36-16-20-2-7-26(33)27(34)14-20;/h2-7,14-15,17,19,24H,8-13,16,18H2,1H3,(H,36,40);1H/t19-;/m0./s1. The molecule has 0 radical (unpaired) electrons. The first-order valence-corrected chi connectivity index (χ1v) is 14.4. The maximum Gasteiger partial charge on any atom is 0.253 e. The number of rotatable bonds is 6. The van der Waals surface area contributed by atoms with Crippen LogP contribution in [0, 0.1) is 11.6 Å². The van der Waals surface area contributed by atoms with Crippen molar-refractivity contribution in [2.45, 2.75) is 38.4 Å². The first kappa shape index (κ1) is 29.2. The van der Waals surface area contributed by atoms with Crippen molar-refractivity contribution in [3.05, 3.63) is 93.1 Å². The Labute approximate surface area is 249 Å². The lowest BCUT2D eigenvalue weighted by Gasteiger charge is -2.46. The molecule has 2 aromatic carbocycles. The molecule has 218 valence electrons. The molecule has 0 spiro atoms. The fourth-order valence-electron chi connectivity index (χ4n) is 5.60. The summed E-state index contributed by atoms with van der Waals surface area (Å²) >= 11 is 12.5. The van der Waals surface area contributed by atoms with E-state index >= 15 is 0 Å². The lowest BCUT2D eigenvalue weighted by Crippen LogP contribution is -2.58. The number of pyridine rings is 1. The molecule has 0 bridgehead atoms. The van der Waals surface area contributed by atoms with Crippen LogP contribution in [0.15, 0.2) is 54.7 Å². The molecule has 5 rings (SSSR count). The fourth-order valence-corrected chi connectivity index (χ4v) is 6.02. The van der Waals surface area contributed by atoms with Crippen LogP contribution in [0.2, 0.25) is 10.0 Å². The van der Waals surface area contributed by atoms with Gasteiger partial charge >= 0.3 is 0 Å². The highest BCUT2D eigenvalue weighted by Gasteiger charge is 2.33. The zero-order valence-corrected chi connectivity index (χ0v) is 24.1. The summed E-state index contributed by atoms with van der Waals surface area (Å²) in [5, 5.41) is 3.67. The van der Waals surface area contributed by atoms with Crippen LogP contribution in [0.3, 0.4) is 0 Å². The first-order chi connectivity index (χ1) is 19.7.